The molecule has 0 saturated heterocycles. The number of rotatable bonds is 5. The number of halogens is 3. The highest BCUT2D eigenvalue weighted by molar-refractivity contribution is 7.98. The molecule has 2 heterocycles. The summed E-state index contributed by atoms with van der Waals surface area (Å²) in [7, 11) is 0. The molecule has 2 amide bonds. The van der Waals surface area contributed by atoms with E-state index in [1.54, 1.807) is 12.1 Å². The molecule has 0 fully saturated rings. The van der Waals surface area contributed by atoms with Crippen molar-refractivity contribution in [2.45, 2.75) is 23.2 Å². The first-order valence-corrected chi connectivity index (χ1v) is 10.7. The Hall–Kier alpha value is -3.24. The first kappa shape index (κ1) is 22.0. The van der Waals surface area contributed by atoms with E-state index in [0.29, 0.717) is 10.8 Å². The molecule has 32 heavy (non-hydrogen) atoms. The summed E-state index contributed by atoms with van der Waals surface area (Å²) < 4.78 is 27.3. The molecule has 0 bridgehead atoms. The second-order valence-electron chi connectivity index (χ2n) is 6.97. The summed E-state index contributed by atoms with van der Waals surface area (Å²) in [6.45, 7) is 0. The third-order valence-corrected chi connectivity index (χ3v) is 5.92. The molecule has 3 N–H and O–H groups in total. The first-order chi connectivity index (χ1) is 15.3. The van der Waals surface area contributed by atoms with Crippen molar-refractivity contribution >= 4 is 46.7 Å². The minimum atomic E-state index is -1.21. The molecular formula is C21H15ClF2N4O3S. The maximum Gasteiger partial charge on any atom is 0.257 e. The number of nitrogens with one attached hydrogen (secondary N) is 3. The Bertz CT molecular complexity index is 1270. The van der Waals surface area contributed by atoms with Gasteiger partial charge in [-0.2, -0.15) is 0 Å². The van der Waals surface area contributed by atoms with Gasteiger partial charge in [-0.1, -0.05) is 35.5 Å². The molecule has 1 aliphatic rings. The van der Waals surface area contributed by atoms with Gasteiger partial charge in [-0.3, -0.25) is 14.4 Å². The lowest BCUT2D eigenvalue weighted by Crippen LogP contribution is -2.36. The summed E-state index contributed by atoms with van der Waals surface area (Å²) in [5.74, 6) is -3.71. The Morgan fingerprint density at radius 3 is 2.69 bits per heavy atom. The highest BCUT2D eigenvalue weighted by Gasteiger charge is 2.35. The number of thioether (sulfide) groups is 1. The van der Waals surface area contributed by atoms with Gasteiger partial charge in [-0.25, -0.2) is 13.8 Å². The van der Waals surface area contributed by atoms with Crippen molar-refractivity contribution in [3.05, 3.63) is 80.6 Å². The van der Waals surface area contributed by atoms with E-state index in [1.807, 2.05) is 12.1 Å². The van der Waals surface area contributed by atoms with Crippen molar-refractivity contribution in [1.82, 2.24) is 9.97 Å². The number of aromatic amines is 1. The number of nitrogens with zero attached hydrogens (tertiary/aromatic N) is 1. The number of carbonyl (C=O) groups excluding carboxylic acids is 2. The lowest BCUT2D eigenvalue weighted by atomic mass is 9.92. The fraction of sp³-hybridized carbons (Fsp3) is 0.143. The normalized spacial score (nSPS) is 15.1. The minimum Gasteiger partial charge on any atom is -0.323 e. The van der Waals surface area contributed by atoms with Crippen molar-refractivity contribution in [3.8, 4) is 0 Å². The molecule has 0 unspecified atom stereocenters. The summed E-state index contributed by atoms with van der Waals surface area (Å²) in [6, 6.07) is 9.74. The van der Waals surface area contributed by atoms with Crippen LogP contribution in [0.3, 0.4) is 0 Å². The molecule has 0 spiro atoms. The van der Waals surface area contributed by atoms with Crippen LogP contribution in [-0.2, 0) is 15.3 Å². The smallest absolute Gasteiger partial charge is 0.257 e. The molecule has 7 nitrogen and oxygen atoms in total. The number of hydrogen-bond donors (Lipinski definition) is 3. The second kappa shape index (κ2) is 9.09. The zero-order valence-electron chi connectivity index (χ0n) is 16.2. The molecular weight excluding hydrogens is 462 g/mol. The molecule has 1 atom stereocenters. The van der Waals surface area contributed by atoms with Crippen LogP contribution in [0.2, 0.25) is 5.02 Å². The predicted molar refractivity (Wildman–Crippen MR) is 117 cm³/mol. The van der Waals surface area contributed by atoms with Crippen molar-refractivity contribution in [3.63, 3.8) is 0 Å². The molecule has 4 rings (SSSR count). The average molecular weight is 477 g/mol. The van der Waals surface area contributed by atoms with Gasteiger partial charge < -0.3 is 15.6 Å². The molecule has 0 saturated carbocycles. The Morgan fingerprint density at radius 2 is 1.94 bits per heavy atom. The molecule has 11 heteroatoms. The largest absolute Gasteiger partial charge is 0.323 e. The van der Waals surface area contributed by atoms with Gasteiger partial charge in [0.05, 0.1) is 17.2 Å². The third kappa shape index (κ3) is 4.81. The van der Waals surface area contributed by atoms with E-state index >= 15 is 0 Å². The maximum absolute atomic E-state index is 13.9. The van der Waals surface area contributed by atoms with Gasteiger partial charge in [0.2, 0.25) is 11.8 Å². The van der Waals surface area contributed by atoms with Gasteiger partial charge >= 0.3 is 0 Å². The summed E-state index contributed by atoms with van der Waals surface area (Å²) in [6.07, 6.45) is -0.336. The van der Waals surface area contributed by atoms with Gasteiger partial charge in [0.1, 0.15) is 17.5 Å². The van der Waals surface area contributed by atoms with E-state index in [2.05, 4.69) is 20.6 Å². The fourth-order valence-electron chi connectivity index (χ4n) is 3.19. The van der Waals surface area contributed by atoms with Crippen LogP contribution in [0, 0.1) is 11.6 Å². The zero-order chi connectivity index (χ0) is 22.8. The molecule has 164 valence electrons. The van der Waals surface area contributed by atoms with E-state index < -0.39 is 34.9 Å². The SMILES string of the molecule is O=C1C[C@@H](C(=O)Nc2cc(F)ccc2F)c2c(nc(SCc3ccc(Cl)cc3)[nH]c2=O)N1. The number of carbonyl (C=O) groups is 2. The van der Waals surface area contributed by atoms with Crippen molar-refractivity contribution in [2.75, 3.05) is 10.6 Å². The van der Waals surface area contributed by atoms with Gasteiger partial charge in [0, 0.05) is 23.3 Å². The number of fused-ring (bicyclic) bond motifs is 1. The minimum absolute atomic E-state index is 0.0385. The average Bonchev–Trinajstić information content (AvgIpc) is 2.75. The number of anilines is 2. The highest BCUT2D eigenvalue weighted by atomic mass is 35.5. The number of H-pyrrole nitrogens is 1. The van der Waals surface area contributed by atoms with E-state index in [1.165, 1.54) is 11.8 Å². The van der Waals surface area contributed by atoms with E-state index in [-0.39, 0.29) is 28.6 Å². The maximum atomic E-state index is 13.9. The molecule has 0 radical (unpaired) electrons. The summed E-state index contributed by atoms with van der Waals surface area (Å²) in [4.78, 5) is 44.5. The standard InChI is InChI=1S/C21H15ClF2N4O3S/c22-11-3-1-10(2-4-11)9-32-21-27-18-17(20(31)28-21)13(8-16(29)26-18)19(30)25-15-7-12(23)5-6-14(15)24/h1-7,13H,8-9H2,(H,25,30)(H2,26,27,28,29,31)/t13-/m1/s1. The zero-order valence-corrected chi connectivity index (χ0v) is 17.8. The first-order valence-electron chi connectivity index (χ1n) is 9.37. The van der Waals surface area contributed by atoms with E-state index in [4.69, 9.17) is 11.6 Å². The van der Waals surface area contributed by atoms with Crippen LogP contribution < -0.4 is 16.2 Å². The molecule has 1 aromatic heterocycles. The number of aromatic nitrogens is 2. The third-order valence-electron chi connectivity index (χ3n) is 4.72. The van der Waals surface area contributed by atoms with Crippen molar-refractivity contribution in [1.29, 1.82) is 0 Å². The van der Waals surface area contributed by atoms with Crippen LogP contribution in [0.5, 0.6) is 0 Å². The lowest BCUT2D eigenvalue weighted by molar-refractivity contribution is -0.123. The molecule has 0 aliphatic carbocycles. The quantitative estimate of drug-likeness (QED) is 0.380. The van der Waals surface area contributed by atoms with E-state index in [0.717, 1.165) is 23.8 Å². The Morgan fingerprint density at radius 1 is 1.19 bits per heavy atom. The van der Waals surface area contributed by atoms with Crippen molar-refractivity contribution in [2.24, 2.45) is 0 Å². The van der Waals surface area contributed by atoms with Crippen LogP contribution in [0.15, 0.2) is 52.4 Å². The fourth-order valence-corrected chi connectivity index (χ4v) is 4.13. The van der Waals surface area contributed by atoms with Crippen LogP contribution in [0.1, 0.15) is 23.5 Å². The number of amides is 2. The molecule has 2 aromatic carbocycles. The molecule has 1 aliphatic heterocycles. The van der Waals surface area contributed by atoms with Crippen LogP contribution in [-0.4, -0.2) is 21.8 Å². The van der Waals surface area contributed by atoms with Gasteiger partial charge in [0.25, 0.3) is 5.56 Å². The topological polar surface area (TPSA) is 104 Å². The van der Waals surface area contributed by atoms with Crippen LogP contribution in [0.25, 0.3) is 0 Å². The summed E-state index contributed by atoms with van der Waals surface area (Å²) in [5.41, 5.74) is -0.0940. The van der Waals surface area contributed by atoms with Crippen LogP contribution >= 0.6 is 23.4 Å². The monoisotopic (exact) mass is 476 g/mol. The van der Waals surface area contributed by atoms with E-state index in [9.17, 15) is 23.2 Å². The number of hydrogen-bond acceptors (Lipinski definition) is 5. The molecule has 3 aromatic rings. The van der Waals surface area contributed by atoms with Gasteiger partial charge in [-0.15, -0.1) is 0 Å². The lowest BCUT2D eigenvalue weighted by Gasteiger charge is -2.23. The second-order valence-corrected chi connectivity index (χ2v) is 8.37. The van der Waals surface area contributed by atoms with Gasteiger partial charge in [-0.05, 0) is 29.8 Å². The Labute approximate surface area is 189 Å². The summed E-state index contributed by atoms with van der Waals surface area (Å²) in [5, 5.41) is 5.60. The number of benzene rings is 2. The van der Waals surface area contributed by atoms with Gasteiger partial charge in [0.15, 0.2) is 5.16 Å². The summed E-state index contributed by atoms with van der Waals surface area (Å²) >= 11 is 7.10. The van der Waals surface area contributed by atoms with Crippen LogP contribution in [0.4, 0.5) is 20.3 Å². The highest BCUT2D eigenvalue weighted by Crippen LogP contribution is 2.31. The van der Waals surface area contributed by atoms with Crippen molar-refractivity contribution < 1.29 is 18.4 Å². The Balaban J connectivity index is 1.58. The predicted octanol–water partition coefficient (Wildman–Crippen LogP) is 4.06. The Kier molecular flexibility index (Phi) is 6.24.